The molecule has 1 aromatic heterocycles. The number of pyridine rings is 1. The summed E-state index contributed by atoms with van der Waals surface area (Å²) < 4.78 is 0. The second kappa shape index (κ2) is 6.02. The minimum atomic E-state index is -0.300. The van der Waals surface area contributed by atoms with Gasteiger partial charge in [-0.15, -0.1) is 0 Å². The molecule has 1 saturated heterocycles. The van der Waals surface area contributed by atoms with Gasteiger partial charge in [0.25, 0.3) is 5.91 Å². The highest BCUT2D eigenvalue weighted by Crippen LogP contribution is 2.21. The Morgan fingerprint density at radius 2 is 2.42 bits per heavy atom. The fraction of sp³-hybridized carbons (Fsp3) is 0.571. The van der Waals surface area contributed by atoms with Crippen LogP contribution in [0.4, 0.5) is 5.82 Å². The summed E-state index contributed by atoms with van der Waals surface area (Å²) in [5.41, 5.74) is 0.605. The molecule has 19 heavy (non-hydrogen) atoms. The largest absolute Gasteiger partial charge is 0.393 e. The second-order valence-electron chi connectivity index (χ2n) is 5.01. The summed E-state index contributed by atoms with van der Waals surface area (Å²) in [6, 6.07) is 3.57. The average Bonchev–Trinajstić information content (AvgIpc) is 2.42. The molecule has 5 nitrogen and oxygen atoms in total. The van der Waals surface area contributed by atoms with Crippen LogP contribution in [-0.4, -0.2) is 46.6 Å². The van der Waals surface area contributed by atoms with Crippen molar-refractivity contribution in [1.29, 1.82) is 0 Å². The number of nitrogens with one attached hydrogen (secondary N) is 1. The first kappa shape index (κ1) is 13.8. The molecule has 2 atom stereocenters. The maximum absolute atomic E-state index is 12.5. The summed E-state index contributed by atoms with van der Waals surface area (Å²) >= 11 is 0. The standard InChI is InChI=1S/C14H21N3O2/c1-3-15-13-11(5-4-7-16-13)14(19)17-8-6-12(18)10(2)9-17/h4-5,7,10,12,18H,3,6,8-9H2,1-2H3,(H,15,16). The Bertz CT molecular complexity index is 450. The predicted octanol–water partition coefficient (Wildman–Crippen LogP) is 1.36. The molecule has 0 radical (unpaired) electrons. The number of carbonyl (C=O) groups excluding carboxylic acids is 1. The Kier molecular flexibility index (Phi) is 4.37. The summed E-state index contributed by atoms with van der Waals surface area (Å²) in [7, 11) is 0. The number of aromatic nitrogens is 1. The van der Waals surface area contributed by atoms with Gasteiger partial charge in [-0.05, 0) is 31.4 Å². The van der Waals surface area contributed by atoms with E-state index in [4.69, 9.17) is 0 Å². The van der Waals surface area contributed by atoms with Gasteiger partial charge in [0.1, 0.15) is 5.82 Å². The van der Waals surface area contributed by atoms with Gasteiger partial charge in [-0.25, -0.2) is 4.98 Å². The minimum absolute atomic E-state index is 0.0113. The first-order chi connectivity index (χ1) is 9.13. The molecule has 1 aliphatic rings. The molecule has 0 spiro atoms. The maximum atomic E-state index is 12.5. The molecule has 2 heterocycles. The molecule has 0 aliphatic carbocycles. The van der Waals surface area contributed by atoms with Crippen LogP contribution < -0.4 is 5.32 Å². The van der Waals surface area contributed by atoms with Gasteiger partial charge in [-0.1, -0.05) is 6.92 Å². The molecule has 2 N–H and O–H groups in total. The number of nitrogens with zero attached hydrogens (tertiary/aromatic N) is 2. The summed E-state index contributed by atoms with van der Waals surface area (Å²) in [5, 5.41) is 12.8. The normalized spacial score (nSPS) is 23.2. The number of amides is 1. The second-order valence-corrected chi connectivity index (χ2v) is 5.01. The van der Waals surface area contributed by atoms with E-state index in [0.29, 0.717) is 30.9 Å². The fourth-order valence-electron chi connectivity index (χ4n) is 2.37. The lowest BCUT2D eigenvalue weighted by Crippen LogP contribution is -2.45. The Morgan fingerprint density at radius 3 is 3.11 bits per heavy atom. The lowest BCUT2D eigenvalue weighted by molar-refractivity contribution is 0.0298. The highest BCUT2D eigenvalue weighted by atomic mass is 16.3. The van der Waals surface area contributed by atoms with Crippen molar-refractivity contribution in [2.24, 2.45) is 5.92 Å². The van der Waals surface area contributed by atoms with E-state index >= 15 is 0 Å². The summed E-state index contributed by atoms with van der Waals surface area (Å²) in [6.45, 7) is 5.87. The van der Waals surface area contributed by atoms with Crippen LogP contribution in [0.3, 0.4) is 0 Å². The van der Waals surface area contributed by atoms with E-state index in [2.05, 4.69) is 10.3 Å². The SMILES string of the molecule is CCNc1ncccc1C(=O)N1CCC(O)C(C)C1. The van der Waals surface area contributed by atoms with Gasteiger partial charge in [-0.2, -0.15) is 0 Å². The molecule has 5 heteroatoms. The Morgan fingerprint density at radius 1 is 1.63 bits per heavy atom. The van der Waals surface area contributed by atoms with Gasteiger partial charge in [0.2, 0.25) is 0 Å². The van der Waals surface area contributed by atoms with Crippen molar-refractivity contribution >= 4 is 11.7 Å². The van der Waals surface area contributed by atoms with E-state index in [1.54, 1.807) is 23.2 Å². The molecule has 0 saturated carbocycles. The van der Waals surface area contributed by atoms with Crippen LogP contribution in [0.2, 0.25) is 0 Å². The van der Waals surface area contributed by atoms with Gasteiger partial charge in [0, 0.05) is 25.8 Å². The van der Waals surface area contributed by atoms with Crippen molar-refractivity contribution in [1.82, 2.24) is 9.88 Å². The van der Waals surface area contributed by atoms with Crippen LogP contribution in [0, 0.1) is 5.92 Å². The van der Waals surface area contributed by atoms with E-state index in [1.807, 2.05) is 13.8 Å². The zero-order valence-corrected chi connectivity index (χ0v) is 11.5. The number of hydrogen-bond donors (Lipinski definition) is 2. The minimum Gasteiger partial charge on any atom is -0.393 e. The van der Waals surface area contributed by atoms with E-state index < -0.39 is 0 Å². The summed E-state index contributed by atoms with van der Waals surface area (Å²) in [4.78, 5) is 18.5. The topological polar surface area (TPSA) is 65.5 Å². The van der Waals surface area contributed by atoms with E-state index in [0.717, 1.165) is 6.54 Å². The van der Waals surface area contributed by atoms with Crippen LogP contribution >= 0.6 is 0 Å². The predicted molar refractivity (Wildman–Crippen MR) is 74.1 cm³/mol. The van der Waals surface area contributed by atoms with Crippen LogP contribution in [0.15, 0.2) is 18.3 Å². The molecule has 1 fully saturated rings. The number of aliphatic hydroxyl groups is 1. The number of likely N-dealkylation sites (tertiary alicyclic amines) is 1. The van der Waals surface area contributed by atoms with Gasteiger partial charge >= 0.3 is 0 Å². The Hall–Kier alpha value is -1.62. The molecule has 2 unspecified atom stereocenters. The molecular weight excluding hydrogens is 242 g/mol. The van der Waals surface area contributed by atoms with Crippen LogP contribution in [0.1, 0.15) is 30.6 Å². The average molecular weight is 263 g/mol. The third kappa shape index (κ3) is 3.04. The lowest BCUT2D eigenvalue weighted by atomic mass is 9.96. The van der Waals surface area contributed by atoms with Crippen LogP contribution in [-0.2, 0) is 0 Å². The van der Waals surface area contributed by atoms with Gasteiger partial charge in [-0.3, -0.25) is 4.79 Å². The number of anilines is 1. The Labute approximate surface area is 113 Å². The van der Waals surface area contributed by atoms with Crippen molar-refractivity contribution in [3.05, 3.63) is 23.9 Å². The third-order valence-electron chi connectivity index (χ3n) is 3.53. The van der Waals surface area contributed by atoms with Crippen molar-refractivity contribution < 1.29 is 9.90 Å². The number of hydrogen-bond acceptors (Lipinski definition) is 4. The molecular formula is C14H21N3O2. The molecule has 104 valence electrons. The smallest absolute Gasteiger partial charge is 0.257 e. The highest BCUT2D eigenvalue weighted by molar-refractivity contribution is 5.98. The van der Waals surface area contributed by atoms with Crippen molar-refractivity contribution in [2.75, 3.05) is 25.0 Å². The number of rotatable bonds is 3. The van der Waals surface area contributed by atoms with Gasteiger partial charge in [0.15, 0.2) is 0 Å². The molecule has 0 bridgehead atoms. The molecule has 0 aromatic carbocycles. The van der Waals surface area contributed by atoms with E-state index in [1.165, 1.54) is 0 Å². The van der Waals surface area contributed by atoms with E-state index in [9.17, 15) is 9.90 Å². The van der Waals surface area contributed by atoms with Crippen molar-refractivity contribution in [3.63, 3.8) is 0 Å². The van der Waals surface area contributed by atoms with E-state index in [-0.39, 0.29) is 17.9 Å². The highest BCUT2D eigenvalue weighted by Gasteiger charge is 2.28. The lowest BCUT2D eigenvalue weighted by Gasteiger charge is -2.34. The number of piperidine rings is 1. The molecule has 1 amide bonds. The van der Waals surface area contributed by atoms with Crippen molar-refractivity contribution in [2.45, 2.75) is 26.4 Å². The molecule has 2 rings (SSSR count). The quantitative estimate of drug-likeness (QED) is 0.864. The molecule has 1 aliphatic heterocycles. The maximum Gasteiger partial charge on any atom is 0.257 e. The monoisotopic (exact) mass is 263 g/mol. The number of carbonyl (C=O) groups is 1. The fourth-order valence-corrected chi connectivity index (χ4v) is 2.37. The first-order valence-electron chi connectivity index (χ1n) is 6.79. The molecule has 1 aromatic rings. The van der Waals surface area contributed by atoms with Crippen molar-refractivity contribution in [3.8, 4) is 0 Å². The summed E-state index contributed by atoms with van der Waals surface area (Å²) in [5.74, 6) is 0.744. The van der Waals surface area contributed by atoms with Gasteiger partial charge in [0.05, 0.1) is 11.7 Å². The summed E-state index contributed by atoms with van der Waals surface area (Å²) in [6.07, 6.45) is 2.02. The first-order valence-corrected chi connectivity index (χ1v) is 6.79. The number of aliphatic hydroxyl groups excluding tert-OH is 1. The Balaban J connectivity index is 2.15. The third-order valence-corrected chi connectivity index (χ3v) is 3.53. The zero-order valence-electron chi connectivity index (χ0n) is 11.5. The van der Waals surface area contributed by atoms with Crippen LogP contribution in [0.5, 0.6) is 0 Å². The van der Waals surface area contributed by atoms with Gasteiger partial charge < -0.3 is 15.3 Å². The van der Waals surface area contributed by atoms with Crippen LogP contribution in [0.25, 0.3) is 0 Å². The zero-order chi connectivity index (χ0) is 13.8.